The van der Waals surface area contributed by atoms with E-state index < -0.39 is 30.2 Å². The molecular weight excluding hydrogens is 537 g/mol. The van der Waals surface area contributed by atoms with Gasteiger partial charge in [0.1, 0.15) is 0 Å². The SMILES string of the molecule is CC(=O)Nc1ccc([As](=O)(O)O)c(O)c1.CCCCCc1csc(Nc2cccc(C(=O)O)c2)n1. The number of phenols is 1. The van der Waals surface area contributed by atoms with E-state index in [1.807, 2.05) is 6.07 Å². The molecule has 0 bridgehead atoms. The van der Waals surface area contributed by atoms with Crippen LogP contribution in [0.2, 0.25) is 0 Å². The minimum absolute atomic E-state index is 0.273. The van der Waals surface area contributed by atoms with E-state index in [-0.39, 0.29) is 17.2 Å². The first kappa shape index (κ1) is 28.1. The first-order valence-electron chi connectivity index (χ1n) is 10.7. The van der Waals surface area contributed by atoms with Gasteiger partial charge in [-0.1, -0.05) is 25.8 Å². The summed E-state index contributed by atoms with van der Waals surface area (Å²) in [4.78, 5) is 26.1. The zero-order valence-corrected chi connectivity index (χ0v) is 22.0. The fraction of sp³-hybridized carbons (Fsp3) is 0.261. The Bertz CT molecular complexity index is 1210. The van der Waals surface area contributed by atoms with Gasteiger partial charge in [-0.15, -0.1) is 11.3 Å². The average molecular weight is 565 g/mol. The van der Waals surface area contributed by atoms with Crippen molar-refractivity contribution < 1.29 is 31.7 Å². The van der Waals surface area contributed by atoms with E-state index in [2.05, 4.69) is 27.9 Å². The van der Waals surface area contributed by atoms with Gasteiger partial charge in [-0.05, 0) is 31.0 Å². The molecule has 35 heavy (non-hydrogen) atoms. The van der Waals surface area contributed by atoms with Crippen LogP contribution in [0.15, 0.2) is 47.8 Å². The van der Waals surface area contributed by atoms with Crippen molar-refractivity contribution in [2.75, 3.05) is 10.6 Å². The quantitative estimate of drug-likeness (QED) is 0.169. The van der Waals surface area contributed by atoms with Crippen molar-refractivity contribution in [2.24, 2.45) is 0 Å². The van der Waals surface area contributed by atoms with Gasteiger partial charge in [-0.2, -0.15) is 0 Å². The number of benzene rings is 2. The summed E-state index contributed by atoms with van der Waals surface area (Å²) in [5.74, 6) is -1.77. The maximum absolute atomic E-state index is 10.9. The van der Waals surface area contributed by atoms with Crippen LogP contribution in [0.3, 0.4) is 0 Å². The third-order valence-electron chi connectivity index (χ3n) is 4.56. The molecule has 0 atom stereocenters. The Morgan fingerprint density at radius 3 is 2.43 bits per heavy atom. The van der Waals surface area contributed by atoms with E-state index >= 15 is 0 Å². The molecule has 2 aromatic carbocycles. The van der Waals surface area contributed by atoms with Crippen LogP contribution in [0.1, 0.15) is 49.2 Å². The number of aromatic carboxylic acids is 1. The number of nitrogens with zero attached hydrogens (tertiary/aromatic N) is 1. The topological polar surface area (TPSA) is 169 Å². The fourth-order valence-corrected chi connectivity index (χ4v) is 5.03. The number of rotatable bonds is 9. The summed E-state index contributed by atoms with van der Waals surface area (Å²) in [6, 6.07) is 10.3. The molecule has 1 amide bonds. The standard InChI is InChI=1S/C15H18N2O2S.C8H10AsNO5/c1-2-3-4-7-13-10-20-15(17-13)16-12-8-5-6-11(9-12)14(18)19;1-5(11)10-6-2-3-7(8(12)4-6)9(13,14)15/h5-6,8-10H,2-4,7H2,1H3,(H,16,17)(H,18,19);2-4,12H,1H3,(H,10,11)(H2,13,14,15). The number of amides is 1. The second kappa shape index (κ2) is 13.1. The van der Waals surface area contributed by atoms with Crippen LogP contribution in [-0.2, 0) is 15.0 Å². The molecule has 12 heteroatoms. The van der Waals surface area contributed by atoms with Crippen LogP contribution in [-0.4, -0.2) is 49.4 Å². The van der Waals surface area contributed by atoms with Crippen molar-refractivity contribution in [1.82, 2.24) is 4.98 Å². The molecule has 0 radical (unpaired) electrons. The maximum Gasteiger partial charge on any atom is 0.335 e. The van der Waals surface area contributed by atoms with Gasteiger partial charge in [0.15, 0.2) is 5.13 Å². The van der Waals surface area contributed by atoms with Gasteiger partial charge in [0.2, 0.25) is 0 Å². The van der Waals surface area contributed by atoms with Gasteiger partial charge in [-0.25, -0.2) is 9.78 Å². The smallest absolute Gasteiger partial charge is 0.335 e. The largest absolute Gasteiger partial charge is 0.478 e. The number of aryl methyl sites for hydroxylation is 1. The predicted octanol–water partition coefficient (Wildman–Crippen LogP) is 3.23. The van der Waals surface area contributed by atoms with Crippen LogP contribution >= 0.6 is 11.3 Å². The Hall–Kier alpha value is -3.11. The third-order valence-corrected chi connectivity index (χ3v) is 7.48. The average Bonchev–Trinajstić information content (AvgIpc) is 3.20. The Morgan fingerprint density at radius 1 is 1.09 bits per heavy atom. The van der Waals surface area contributed by atoms with Gasteiger partial charge < -0.3 is 10.4 Å². The molecule has 0 saturated heterocycles. The van der Waals surface area contributed by atoms with Crippen LogP contribution in [0.5, 0.6) is 5.75 Å². The van der Waals surface area contributed by atoms with E-state index in [0.717, 1.165) is 41.5 Å². The number of anilines is 3. The number of carboxylic acids is 1. The molecular formula is C23H28AsN3O7S. The van der Waals surface area contributed by atoms with Gasteiger partial charge in [0, 0.05) is 11.1 Å². The summed E-state index contributed by atoms with van der Waals surface area (Å²) in [6.07, 6.45) is 4.59. The Morgan fingerprint density at radius 2 is 1.83 bits per heavy atom. The van der Waals surface area contributed by atoms with E-state index in [9.17, 15) is 18.4 Å². The molecule has 0 spiro atoms. The van der Waals surface area contributed by atoms with Crippen molar-refractivity contribution in [1.29, 1.82) is 0 Å². The molecule has 6 N–H and O–H groups in total. The molecule has 1 heterocycles. The molecule has 3 aromatic rings. The zero-order chi connectivity index (χ0) is 26.0. The van der Waals surface area contributed by atoms with Gasteiger partial charge in [0.25, 0.3) is 0 Å². The minimum atomic E-state index is -5.09. The summed E-state index contributed by atoms with van der Waals surface area (Å²) >= 11 is -3.54. The number of nitrogens with one attached hydrogen (secondary N) is 2. The fourth-order valence-electron chi connectivity index (χ4n) is 2.94. The van der Waals surface area contributed by atoms with Crippen LogP contribution in [0.4, 0.5) is 16.5 Å². The Labute approximate surface area is 209 Å². The zero-order valence-electron chi connectivity index (χ0n) is 19.3. The molecule has 0 aliphatic rings. The molecule has 0 unspecified atom stereocenters. The number of hydrogen-bond donors (Lipinski definition) is 6. The number of phenolic OH excluding ortho intramolecular Hbond substituents is 1. The van der Waals surface area contributed by atoms with Crippen molar-refractivity contribution >= 4 is 58.2 Å². The number of thiazole rings is 1. The molecule has 188 valence electrons. The van der Waals surface area contributed by atoms with E-state index in [1.165, 1.54) is 25.8 Å². The molecule has 3 rings (SSSR count). The first-order valence-corrected chi connectivity index (χ1v) is 15.0. The summed E-state index contributed by atoms with van der Waals surface area (Å²) in [7, 11) is 0. The minimum Gasteiger partial charge on any atom is -0.478 e. The molecule has 0 saturated carbocycles. The second-order valence-electron chi connectivity index (χ2n) is 7.54. The summed E-state index contributed by atoms with van der Waals surface area (Å²) in [6.45, 7) is 3.47. The third kappa shape index (κ3) is 9.57. The number of carbonyl (C=O) groups is 2. The summed E-state index contributed by atoms with van der Waals surface area (Å²) in [5.41, 5.74) is 2.40. The molecule has 0 aliphatic carbocycles. The van der Waals surface area contributed by atoms with E-state index in [1.54, 1.807) is 29.5 Å². The summed E-state index contributed by atoms with van der Waals surface area (Å²) < 4.78 is 28.2. The Kier molecular flexibility index (Phi) is 10.5. The maximum atomic E-state index is 10.9. The second-order valence-corrected chi connectivity index (χ2v) is 11.7. The van der Waals surface area contributed by atoms with Gasteiger partial charge in [-0.3, -0.25) is 0 Å². The van der Waals surface area contributed by atoms with Gasteiger partial charge in [0.05, 0.1) is 11.3 Å². The van der Waals surface area contributed by atoms with Crippen LogP contribution < -0.4 is 15.0 Å². The molecule has 0 fully saturated rings. The van der Waals surface area contributed by atoms with E-state index in [4.69, 9.17) is 13.3 Å². The molecule has 10 nitrogen and oxygen atoms in total. The van der Waals surface area contributed by atoms with Crippen molar-refractivity contribution in [3.63, 3.8) is 0 Å². The number of hydrogen-bond acceptors (Lipinski definition) is 7. The Balaban J connectivity index is 0.000000258. The number of carboxylic acid groups (broad SMARTS) is 1. The number of carbonyl (C=O) groups excluding carboxylic acids is 1. The number of aromatic nitrogens is 1. The van der Waals surface area contributed by atoms with Crippen molar-refractivity contribution in [2.45, 2.75) is 39.5 Å². The van der Waals surface area contributed by atoms with Crippen molar-refractivity contribution in [3.05, 3.63) is 59.1 Å². The number of unbranched alkanes of at least 4 members (excludes halogenated alkanes) is 2. The summed E-state index contributed by atoms with van der Waals surface area (Å²) in [5, 5.41) is 26.7. The van der Waals surface area contributed by atoms with Crippen LogP contribution in [0.25, 0.3) is 0 Å². The van der Waals surface area contributed by atoms with Crippen LogP contribution in [0, 0.1) is 0 Å². The predicted molar refractivity (Wildman–Crippen MR) is 135 cm³/mol. The molecule has 1 aromatic heterocycles. The normalized spacial score (nSPS) is 10.7. The van der Waals surface area contributed by atoms with Crippen molar-refractivity contribution in [3.8, 4) is 5.75 Å². The molecule has 0 aliphatic heterocycles. The van der Waals surface area contributed by atoms with E-state index in [0.29, 0.717) is 0 Å². The first-order chi connectivity index (χ1) is 16.5. The monoisotopic (exact) mass is 565 g/mol. The van der Waals surface area contributed by atoms with Gasteiger partial charge >= 0.3 is 94.1 Å². The number of aromatic hydroxyl groups is 1.